The highest BCUT2D eigenvalue weighted by molar-refractivity contribution is 5.88. The van der Waals surface area contributed by atoms with E-state index in [1.807, 2.05) is 36.4 Å². The standard InChI is InChI=1S/C19H22N2O2/c1-13(22)21-15-8-6-9-16(11-15)23-19(20)17-10-5-4-7-14(17)12-18(19,2)3/h4-11H,12,20H2,1-3H3,(H,21,22). The second-order valence-corrected chi connectivity index (χ2v) is 6.76. The summed E-state index contributed by atoms with van der Waals surface area (Å²) in [5.74, 6) is 0.527. The van der Waals surface area contributed by atoms with Crippen molar-refractivity contribution in [3.8, 4) is 5.75 Å². The smallest absolute Gasteiger partial charge is 0.221 e. The second-order valence-electron chi connectivity index (χ2n) is 6.76. The van der Waals surface area contributed by atoms with Crippen molar-refractivity contribution in [3.63, 3.8) is 0 Å². The van der Waals surface area contributed by atoms with Gasteiger partial charge in [-0.15, -0.1) is 0 Å². The van der Waals surface area contributed by atoms with E-state index in [2.05, 4.69) is 25.2 Å². The maximum absolute atomic E-state index is 11.2. The molecule has 3 rings (SSSR count). The van der Waals surface area contributed by atoms with Crippen LogP contribution in [0.5, 0.6) is 5.75 Å². The molecule has 0 heterocycles. The third kappa shape index (κ3) is 2.70. The van der Waals surface area contributed by atoms with Crippen molar-refractivity contribution < 1.29 is 9.53 Å². The Morgan fingerprint density at radius 1 is 1.17 bits per heavy atom. The van der Waals surface area contributed by atoms with Gasteiger partial charge in [-0.05, 0) is 24.1 Å². The van der Waals surface area contributed by atoms with Crippen molar-refractivity contribution in [1.29, 1.82) is 0 Å². The molecule has 3 N–H and O–H groups in total. The van der Waals surface area contributed by atoms with E-state index in [4.69, 9.17) is 10.5 Å². The van der Waals surface area contributed by atoms with E-state index < -0.39 is 5.72 Å². The van der Waals surface area contributed by atoms with Crippen molar-refractivity contribution in [1.82, 2.24) is 0 Å². The summed E-state index contributed by atoms with van der Waals surface area (Å²) in [5, 5.41) is 2.76. The van der Waals surface area contributed by atoms with Gasteiger partial charge in [0.15, 0.2) is 5.72 Å². The minimum absolute atomic E-state index is 0.115. The molecule has 1 amide bonds. The molecule has 1 atom stereocenters. The van der Waals surface area contributed by atoms with Crippen molar-refractivity contribution in [2.75, 3.05) is 5.32 Å². The predicted octanol–water partition coefficient (Wildman–Crippen LogP) is 3.42. The van der Waals surface area contributed by atoms with Crippen LogP contribution in [0, 0.1) is 5.41 Å². The molecular weight excluding hydrogens is 288 g/mol. The Morgan fingerprint density at radius 3 is 2.65 bits per heavy atom. The summed E-state index contributed by atoms with van der Waals surface area (Å²) in [6, 6.07) is 15.5. The average Bonchev–Trinajstić information content (AvgIpc) is 2.65. The lowest BCUT2D eigenvalue weighted by Crippen LogP contribution is -2.51. The van der Waals surface area contributed by atoms with Gasteiger partial charge in [0.05, 0.1) is 0 Å². The number of carbonyl (C=O) groups is 1. The molecule has 0 aromatic heterocycles. The lowest BCUT2D eigenvalue weighted by Gasteiger charge is -2.38. The summed E-state index contributed by atoms with van der Waals surface area (Å²) in [7, 11) is 0. The van der Waals surface area contributed by atoms with E-state index in [9.17, 15) is 4.79 Å². The zero-order valence-corrected chi connectivity index (χ0v) is 13.7. The minimum Gasteiger partial charge on any atom is -0.468 e. The number of hydrogen-bond donors (Lipinski definition) is 2. The molecule has 1 aliphatic carbocycles. The number of carbonyl (C=O) groups excluding carboxylic acids is 1. The third-order valence-electron chi connectivity index (χ3n) is 4.49. The summed E-state index contributed by atoms with van der Waals surface area (Å²) in [6.07, 6.45) is 0.866. The number of nitrogens with two attached hydrogens (primary N) is 1. The van der Waals surface area contributed by atoms with E-state index in [-0.39, 0.29) is 11.3 Å². The second kappa shape index (κ2) is 5.39. The van der Waals surface area contributed by atoms with E-state index >= 15 is 0 Å². The van der Waals surface area contributed by atoms with Crippen molar-refractivity contribution in [3.05, 3.63) is 59.7 Å². The van der Waals surface area contributed by atoms with Gasteiger partial charge in [0.25, 0.3) is 0 Å². The fraction of sp³-hybridized carbons (Fsp3) is 0.316. The van der Waals surface area contributed by atoms with Crippen molar-refractivity contribution in [2.24, 2.45) is 11.1 Å². The van der Waals surface area contributed by atoms with Gasteiger partial charge in [-0.2, -0.15) is 0 Å². The number of nitrogens with one attached hydrogen (secondary N) is 1. The molecule has 1 unspecified atom stereocenters. The molecule has 0 saturated heterocycles. The van der Waals surface area contributed by atoms with Crippen LogP contribution in [-0.2, 0) is 16.9 Å². The fourth-order valence-electron chi connectivity index (χ4n) is 3.23. The molecule has 2 aromatic rings. The van der Waals surface area contributed by atoms with Gasteiger partial charge >= 0.3 is 0 Å². The Labute approximate surface area is 136 Å². The van der Waals surface area contributed by atoms with Gasteiger partial charge in [-0.25, -0.2) is 0 Å². The number of fused-ring (bicyclic) bond motifs is 1. The van der Waals surface area contributed by atoms with Crippen LogP contribution in [0.4, 0.5) is 5.69 Å². The summed E-state index contributed by atoms with van der Waals surface area (Å²) < 4.78 is 6.25. The SMILES string of the molecule is CC(=O)Nc1cccc(OC2(N)c3ccccc3CC2(C)C)c1. The fourth-order valence-corrected chi connectivity index (χ4v) is 3.23. The molecule has 4 heteroatoms. The molecule has 0 aliphatic heterocycles. The molecule has 4 nitrogen and oxygen atoms in total. The number of benzene rings is 2. The molecule has 0 spiro atoms. The monoisotopic (exact) mass is 310 g/mol. The van der Waals surface area contributed by atoms with E-state index in [0.717, 1.165) is 12.0 Å². The summed E-state index contributed by atoms with van der Waals surface area (Å²) in [6.45, 7) is 5.71. The molecule has 1 aliphatic rings. The molecule has 0 fully saturated rings. The maximum Gasteiger partial charge on any atom is 0.221 e. The van der Waals surface area contributed by atoms with E-state index in [0.29, 0.717) is 11.4 Å². The Kier molecular flexibility index (Phi) is 3.65. The van der Waals surface area contributed by atoms with E-state index in [1.54, 1.807) is 6.07 Å². The summed E-state index contributed by atoms with van der Waals surface area (Å²) in [4.78, 5) is 11.2. The highest BCUT2D eigenvalue weighted by atomic mass is 16.5. The first kappa shape index (κ1) is 15.6. The van der Waals surface area contributed by atoms with Crippen LogP contribution in [0.15, 0.2) is 48.5 Å². The lowest BCUT2D eigenvalue weighted by molar-refractivity contribution is -0.114. The zero-order chi connectivity index (χ0) is 16.7. The van der Waals surface area contributed by atoms with Crippen LogP contribution < -0.4 is 15.8 Å². The third-order valence-corrected chi connectivity index (χ3v) is 4.49. The van der Waals surface area contributed by atoms with Crippen LogP contribution in [0.1, 0.15) is 31.9 Å². The van der Waals surface area contributed by atoms with Crippen LogP contribution in [-0.4, -0.2) is 5.91 Å². The van der Waals surface area contributed by atoms with Gasteiger partial charge in [0, 0.05) is 29.7 Å². The van der Waals surface area contributed by atoms with Crippen molar-refractivity contribution >= 4 is 11.6 Å². The molecular formula is C19H22N2O2. The highest BCUT2D eigenvalue weighted by Gasteiger charge is 2.52. The van der Waals surface area contributed by atoms with Gasteiger partial charge in [-0.3, -0.25) is 10.5 Å². The quantitative estimate of drug-likeness (QED) is 0.854. The average molecular weight is 310 g/mol. The Hall–Kier alpha value is -2.33. The molecule has 0 radical (unpaired) electrons. The highest BCUT2D eigenvalue weighted by Crippen LogP contribution is 2.49. The normalized spacial score (nSPS) is 21.6. The minimum atomic E-state index is -0.904. The Morgan fingerprint density at radius 2 is 1.91 bits per heavy atom. The Balaban J connectivity index is 1.96. The number of hydrogen-bond acceptors (Lipinski definition) is 3. The summed E-state index contributed by atoms with van der Waals surface area (Å²) in [5.41, 5.74) is 8.52. The van der Waals surface area contributed by atoms with E-state index in [1.165, 1.54) is 12.5 Å². The topological polar surface area (TPSA) is 64.3 Å². The summed E-state index contributed by atoms with van der Waals surface area (Å²) >= 11 is 0. The first-order valence-electron chi connectivity index (χ1n) is 7.76. The van der Waals surface area contributed by atoms with Gasteiger partial charge in [0.2, 0.25) is 5.91 Å². The van der Waals surface area contributed by atoms with Crippen LogP contribution >= 0.6 is 0 Å². The molecule has 2 aromatic carbocycles. The van der Waals surface area contributed by atoms with Gasteiger partial charge in [-0.1, -0.05) is 44.2 Å². The Bertz CT molecular complexity index is 755. The number of anilines is 1. The van der Waals surface area contributed by atoms with Crippen LogP contribution in [0.3, 0.4) is 0 Å². The largest absolute Gasteiger partial charge is 0.468 e. The number of rotatable bonds is 3. The maximum atomic E-state index is 11.2. The van der Waals surface area contributed by atoms with Crippen LogP contribution in [0.2, 0.25) is 0 Å². The first-order valence-corrected chi connectivity index (χ1v) is 7.76. The molecule has 23 heavy (non-hydrogen) atoms. The predicted molar refractivity (Wildman–Crippen MR) is 91.2 cm³/mol. The van der Waals surface area contributed by atoms with Gasteiger partial charge < -0.3 is 10.1 Å². The number of amides is 1. The number of ether oxygens (including phenoxy) is 1. The first-order chi connectivity index (χ1) is 10.8. The van der Waals surface area contributed by atoms with Gasteiger partial charge in [0.1, 0.15) is 5.75 Å². The lowest BCUT2D eigenvalue weighted by atomic mass is 9.82. The zero-order valence-electron chi connectivity index (χ0n) is 13.7. The van der Waals surface area contributed by atoms with Crippen molar-refractivity contribution in [2.45, 2.75) is 32.9 Å². The molecule has 0 saturated carbocycles. The van der Waals surface area contributed by atoms with Crippen LogP contribution in [0.25, 0.3) is 0 Å². The molecule has 0 bridgehead atoms. The molecule has 120 valence electrons.